The zero-order valence-corrected chi connectivity index (χ0v) is 37.0. The monoisotopic (exact) mass is 938 g/mol. The van der Waals surface area contributed by atoms with Gasteiger partial charge in [0.05, 0.1) is 19.8 Å². The molecule has 23 heteroatoms. The van der Waals surface area contributed by atoms with Crippen LogP contribution in [-0.2, 0) is 42.1 Å². The number of aliphatic hydroxyl groups excluding tert-OH is 12. The maximum atomic E-state index is 13.4. The molecule has 0 aromatic heterocycles. The van der Waals surface area contributed by atoms with E-state index in [0.29, 0.717) is 6.42 Å². The molecule has 3 rings (SSSR count). The van der Waals surface area contributed by atoms with E-state index in [1.54, 1.807) is 0 Å². The fourth-order valence-corrected chi connectivity index (χ4v) is 8.73. The largest absolute Gasteiger partial charge is 0.472 e. The van der Waals surface area contributed by atoms with Crippen LogP contribution in [0.1, 0.15) is 116 Å². The summed E-state index contributed by atoms with van der Waals surface area (Å²) in [6, 6.07) is 0. The van der Waals surface area contributed by atoms with Crippen molar-refractivity contribution < 1.29 is 108 Å². The van der Waals surface area contributed by atoms with E-state index in [1.165, 1.54) is 70.6 Å². The number of phosphoric ester groups is 1. The molecule has 0 radical (unpaired) electrons. The highest BCUT2D eigenvalue weighted by atomic mass is 31.2. The normalized spacial score (nSPS) is 36.5. The number of aliphatic hydroxyl groups is 12. The first-order valence-corrected chi connectivity index (χ1v) is 23.9. The van der Waals surface area contributed by atoms with Crippen LogP contribution in [0, 0.1) is 0 Å². The molecule has 0 aromatic carbocycles. The van der Waals surface area contributed by atoms with E-state index in [0.717, 1.165) is 25.7 Å². The van der Waals surface area contributed by atoms with Gasteiger partial charge in [-0.05, 0) is 6.42 Å². The number of carbonyl (C=O) groups is 1. The van der Waals surface area contributed by atoms with Crippen molar-refractivity contribution in [3.05, 3.63) is 0 Å². The van der Waals surface area contributed by atoms with Crippen molar-refractivity contribution >= 4 is 13.8 Å². The molecule has 2 aliphatic heterocycles. The highest BCUT2D eigenvalue weighted by Gasteiger charge is 2.58. The van der Waals surface area contributed by atoms with E-state index in [1.807, 2.05) is 0 Å². The molecule has 1 saturated carbocycles. The molecule has 3 aliphatic rings. The Kier molecular flexibility index (Phi) is 25.9. The number of hydrogen-bond acceptors (Lipinski definition) is 21. The first kappa shape index (κ1) is 56.3. The number of rotatable bonds is 30. The molecule has 0 bridgehead atoms. The Morgan fingerprint density at radius 1 is 0.540 bits per heavy atom. The summed E-state index contributed by atoms with van der Waals surface area (Å²) in [5.41, 5.74) is 0. The van der Waals surface area contributed by atoms with Crippen molar-refractivity contribution in [2.24, 2.45) is 0 Å². The molecule has 372 valence electrons. The summed E-state index contributed by atoms with van der Waals surface area (Å²) in [6.07, 6.45) is -15.7. The molecule has 10 unspecified atom stereocenters. The molecule has 63 heavy (non-hydrogen) atoms. The number of phosphoric acid groups is 1. The fraction of sp³-hybridized carbons (Fsp3) is 0.975. The summed E-state index contributed by atoms with van der Waals surface area (Å²) in [5.74, 6) is -0.618. The molecule has 0 aromatic rings. The van der Waals surface area contributed by atoms with Crippen LogP contribution in [0.5, 0.6) is 0 Å². The lowest BCUT2D eigenvalue weighted by molar-refractivity contribution is -0.360. The zero-order chi connectivity index (χ0) is 46.7. The van der Waals surface area contributed by atoms with E-state index in [2.05, 4.69) is 6.92 Å². The number of unbranched alkanes of at least 4 members (excludes halogenated alkanes) is 15. The minimum Gasteiger partial charge on any atom is -0.463 e. The van der Waals surface area contributed by atoms with Crippen LogP contribution in [0.3, 0.4) is 0 Å². The predicted octanol–water partition coefficient (Wildman–Crippen LogP) is -1.49. The van der Waals surface area contributed by atoms with Crippen molar-refractivity contribution in [1.29, 1.82) is 0 Å². The van der Waals surface area contributed by atoms with Gasteiger partial charge in [-0.15, -0.1) is 0 Å². The number of carbonyl (C=O) groups excluding carboxylic acids is 1. The summed E-state index contributed by atoms with van der Waals surface area (Å²) in [6.45, 7) is -1.24. The van der Waals surface area contributed by atoms with Gasteiger partial charge < -0.3 is 89.9 Å². The van der Waals surface area contributed by atoms with E-state index in [4.69, 9.17) is 32.7 Å². The lowest BCUT2D eigenvalue weighted by Gasteiger charge is -2.49. The second kappa shape index (κ2) is 29.0. The topological polar surface area (TPSA) is 362 Å². The zero-order valence-electron chi connectivity index (χ0n) is 36.1. The number of esters is 1. The Morgan fingerprint density at radius 2 is 0.921 bits per heavy atom. The molecular formula is C40H75O22P. The van der Waals surface area contributed by atoms with Crippen LogP contribution >= 0.6 is 7.82 Å². The van der Waals surface area contributed by atoms with Crippen molar-refractivity contribution in [1.82, 2.24) is 0 Å². The van der Waals surface area contributed by atoms with Gasteiger partial charge in [-0.2, -0.15) is 0 Å². The second-order valence-corrected chi connectivity index (χ2v) is 18.2. The third-order valence-corrected chi connectivity index (χ3v) is 12.6. The van der Waals surface area contributed by atoms with Crippen molar-refractivity contribution in [3.8, 4) is 0 Å². The van der Waals surface area contributed by atoms with Gasteiger partial charge in [0.25, 0.3) is 0 Å². The summed E-state index contributed by atoms with van der Waals surface area (Å²) >= 11 is 0. The van der Waals surface area contributed by atoms with Crippen molar-refractivity contribution in [3.63, 3.8) is 0 Å². The highest BCUT2D eigenvalue weighted by Crippen LogP contribution is 2.48. The average molecular weight is 939 g/mol. The van der Waals surface area contributed by atoms with Gasteiger partial charge in [0, 0.05) is 6.42 Å². The van der Waals surface area contributed by atoms with Gasteiger partial charge in [0.15, 0.2) is 12.6 Å². The molecule has 18 atom stereocenters. The molecule has 3 fully saturated rings. The molecule has 0 spiro atoms. The Morgan fingerprint density at radius 3 is 1.32 bits per heavy atom. The summed E-state index contributed by atoms with van der Waals surface area (Å²) in [7, 11) is -5.50. The molecular weight excluding hydrogens is 863 g/mol. The van der Waals surface area contributed by atoms with E-state index in [-0.39, 0.29) is 6.42 Å². The lowest BCUT2D eigenvalue weighted by Crippen LogP contribution is -2.69. The Balaban J connectivity index is 1.53. The van der Waals surface area contributed by atoms with Crippen LogP contribution in [0.2, 0.25) is 0 Å². The minimum atomic E-state index is -5.50. The average Bonchev–Trinajstić information content (AvgIpc) is 3.26. The third kappa shape index (κ3) is 17.8. The molecule has 13 N–H and O–H groups in total. The Hall–Kier alpha value is -1.06. The van der Waals surface area contributed by atoms with Gasteiger partial charge in [-0.25, -0.2) is 4.57 Å². The van der Waals surface area contributed by atoms with Crippen molar-refractivity contribution in [2.45, 2.75) is 220 Å². The summed E-state index contributed by atoms with van der Waals surface area (Å²) < 4.78 is 50.4. The van der Waals surface area contributed by atoms with Crippen molar-refractivity contribution in [2.75, 3.05) is 26.4 Å². The fourth-order valence-electron chi connectivity index (χ4n) is 7.76. The van der Waals surface area contributed by atoms with Crippen LogP contribution in [0.25, 0.3) is 0 Å². The second-order valence-electron chi connectivity index (χ2n) is 16.8. The Labute approximate surface area is 368 Å². The lowest BCUT2D eigenvalue weighted by atomic mass is 9.84. The van der Waals surface area contributed by atoms with Crippen LogP contribution < -0.4 is 0 Å². The highest BCUT2D eigenvalue weighted by molar-refractivity contribution is 7.47. The smallest absolute Gasteiger partial charge is 0.463 e. The minimum absolute atomic E-state index is 0.0808. The van der Waals surface area contributed by atoms with E-state index >= 15 is 0 Å². The van der Waals surface area contributed by atoms with Gasteiger partial charge in [0.2, 0.25) is 0 Å². The molecule has 2 saturated heterocycles. The summed E-state index contributed by atoms with van der Waals surface area (Å²) in [5, 5.41) is 125. The van der Waals surface area contributed by atoms with E-state index in [9.17, 15) is 75.5 Å². The number of ether oxygens (including phenoxy) is 5. The maximum Gasteiger partial charge on any atom is 0.472 e. The third-order valence-electron chi connectivity index (χ3n) is 11.7. The van der Waals surface area contributed by atoms with Crippen LogP contribution in [-0.4, -0.2) is 203 Å². The Bertz CT molecular complexity index is 1250. The SMILES string of the molecule is CCCCCCCCCCCCCCCCCCC(=O)OC[C@@H](O)COP(=O)(O)OC1C(O[C@@H]2OC(CO)[C@H](O)C(O)[C@@H]2O)C(O)C(O)C(O)[C@H]1O[C@H]1OC(CO)[C@@H](O)C(O)[C@H]1O. The van der Waals surface area contributed by atoms with Crippen LogP contribution in [0.4, 0.5) is 0 Å². The van der Waals surface area contributed by atoms with Gasteiger partial charge in [-0.3, -0.25) is 13.8 Å². The van der Waals surface area contributed by atoms with Gasteiger partial charge in [-0.1, -0.05) is 103 Å². The molecule has 0 amide bonds. The maximum absolute atomic E-state index is 13.4. The number of hydrogen-bond donors (Lipinski definition) is 13. The first-order valence-electron chi connectivity index (χ1n) is 22.4. The molecule has 22 nitrogen and oxygen atoms in total. The summed E-state index contributed by atoms with van der Waals surface area (Å²) in [4.78, 5) is 23.1. The van der Waals surface area contributed by atoms with Gasteiger partial charge >= 0.3 is 13.8 Å². The van der Waals surface area contributed by atoms with Crippen LogP contribution in [0.15, 0.2) is 0 Å². The molecule has 2 heterocycles. The quantitative estimate of drug-likeness (QED) is 0.0222. The van der Waals surface area contributed by atoms with Gasteiger partial charge in [0.1, 0.15) is 98.2 Å². The molecule has 1 aliphatic carbocycles. The first-order chi connectivity index (χ1) is 30.0. The standard InChI is InChI=1S/C40H75O22P/c1-2-3-4-5-6-7-8-9-10-11-12-13-14-15-16-17-18-26(44)56-21-23(43)22-57-63(54,55)62-38-36(60-39-34(52)29(47)27(45)24(19-41)58-39)32(50)31(49)33(51)37(38)61-40-35(53)30(48)28(46)25(20-42)59-40/h23-25,27-43,45-53H,2-22H2,1H3,(H,54,55)/t23-,24?,25?,27-,28+,29?,30?,31?,32?,33?,34-,35+,36-,37?,38?,39-,40+/m1/s1. The predicted molar refractivity (Wildman–Crippen MR) is 217 cm³/mol. The van der Waals surface area contributed by atoms with E-state index < -0.39 is 144 Å².